The van der Waals surface area contributed by atoms with Crippen molar-refractivity contribution in [1.29, 1.82) is 0 Å². The van der Waals surface area contributed by atoms with Crippen LogP contribution in [0.3, 0.4) is 0 Å². The number of carbonyl (C=O) groups excluding carboxylic acids is 1. The number of anilines is 1. The number of aromatic nitrogens is 2. The molecule has 1 amide bonds. The molecule has 2 N–H and O–H groups in total. The molecule has 0 spiro atoms. The maximum absolute atomic E-state index is 12.8. The van der Waals surface area contributed by atoms with Gasteiger partial charge in [0.1, 0.15) is 5.69 Å². The quantitative estimate of drug-likeness (QED) is 0.594. The lowest BCUT2D eigenvalue weighted by Gasteiger charge is -2.09. The largest absolute Gasteiger partial charge is 0.327 e. The second-order valence-electron chi connectivity index (χ2n) is 5.85. The Balaban J connectivity index is 1.71. The van der Waals surface area contributed by atoms with Gasteiger partial charge in [-0.3, -0.25) is 14.6 Å². The molecule has 5 heteroatoms. The number of hydrogen-bond acceptors (Lipinski definition) is 3. The van der Waals surface area contributed by atoms with Gasteiger partial charge in [0.15, 0.2) is 0 Å². The Morgan fingerprint density at radius 1 is 0.923 bits per heavy atom. The average Bonchev–Trinajstić information content (AvgIpc) is 2.70. The van der Waals surface area contributed by atoms with Crippen molar-refractivity contribution in [3.05, 3.63) is 95.2 Å². The summed E-state index contributed by atoms with van der Waals surface area (Å²) in [6.07, 6.45) is 4.97. The fourth-order valence-electron chi connectivity index (χ4n) is 2.90. The van der Waals surface area contributed by atoms with E-state index in [1.165, 1.54) is 0 Å². The standard InChI is InChI=1S/C21H15N3O2/c25-20(18-7-3-5-15-4-1-2-6-17(15)18)24-19-12-16(13-23-21(19)26)14-8-10-22-11-9-14/h1-13H,(H,23,26)(H,24,25). The highest BCUT2D eigenvalue weighted by Gasteiger charge is 2.12. The predicted molar refractivity (Wildman–Crippen MR) is 102 cm³/mol. The second-order valence-corrected chi connectivity index (χ2v) is 5.85. The molecule has 4 aromatic rings. The van der Waals surface area contributed by atoms with Crippen molar-refractivity contribution in [1.82, 2.24) is 9.97 Å². The van der Waals surface area contributed by atoms with Crippen LogP contribution in [-0.2, 0) is 0 Å². The molecule has 0 unspecified atom stereocenters. The molecular weight excluding hydrogens is 326 g/mol. The molecule has 126 valence electrons. The molecule has 0 aliphatic carbocycles. The van der Waals surface area contributed by atoms with Gasteiger partial charge in [-0.05, 0) is 40.6 Å². The highest BCUT2D eigenvalue weighted by Crippen LogP contribution is 2.21. The summed E-state index contributed by atoms with van der Waals surface area (Å²) >= 11 is 0. The van der Waals surface area contributed by atoms with Crippen molar-refractivity contribution >= 4 is 22.4 Å². The van der Waals surface area contributed by atoms with Crippen molar-refractivity contribution in [2.45, 2.75) is 0 Å². The number of rotatable bonds is 3. The molecule has 0 radical (unpaired) electrons. The number of fused-ring (bicyclic) bond motifs is 1. The van der Waals surface area contributed by atoms with Crippen molar-refractivity contribution in [2.24, 2.45) is 0 Å². The van der Waals surface area contributed by atoms with Crippen LogP contribution in [0, 0.1) is 0 Å². The van der Waals surface area contributed by atoms with E-state index in [-0.39, 0.29) is 17.2 Å². The molecule has 0 saturated heterocycles. The predicted octanol–water partition coefficient (Wildman–Crippen LogP) is 3.84. The third-order valence-corrected chi connectivity index (χ3v) is 4.20. The van der Waals surface area contributed by atoms with E-state index >= 15 is 0 Å². The Labute approximate surface area is 149 Å². The molecule has 0 bridgehead atoms. The Hall–Kier alpha value is -3.73. The van der Waals surface area contributed by atoms with Crippen LogP contribution in [0.5, 0.6) is 0 Å². The Kier molecular flexibility index (Phi) is 4.03. The van der Waals surface area contributed by atoms with Gasteiger partial charge in [-0.2, -0.15) is 0 Å². The summed E-state index contributed by atoms with van der Waals surface area (Å²) in [5.74, 6) is -0.320. The molecule has 2 aromatic heterocycles. The number of aromatic amines is 1. The number of nitrogens with one attached hydrogen (secondary N) is 2. The van der Waals surface area contributed by atoms with Gasteiger partial charge in [-0.15, -0.1) is 0 Å². The first-order chi connectivity index (χ1) is 12.7. The van der Waals surface area contributed by atoms with Crippen molar-refractivity contribution in [3.8, 4) is 11.1 Å². The molecular formula is C21H15N3O2. The Morgan fingerprint density at radius 3 is 2.54 bits per heavy atom. The van der Waals surface area contributed by atoms with Gasteiger partial charge >= 0.3 is 0 Å². The normalized spacial score (nSPS) is 10.6. The van der Waals surface area contributed by atoms with E-state index in [4.69, 9.17) is 0 Å². The third kappa shape index (κ3) is 2.98. The van der Waals surface area contributed by atoms with Crippen LogP contribution in [-0.4, -0.2) is 15.9 Å². The molecule has 2 heterocycles. The number of H-pyrrole nitrogens is 1. The van der Waals surface area contributed by atoms with E-state index in [1.807, 2.05) is 48.5 Å². The minimum absolute atomic E-state index is 0.206. The van der Waals surface area contributed by atoms with Crippen LogP contribution in [0.2, 0.25) is 0 Å². The van der Waals surface area contributed by atoms with E-state index < -0.39 is 0 Å². The van der Waals surface area contributed by atoms with E-state index in [0.29, 0.717) is 5.56 Å². The summed E-state index contributed by atoms with van der Waals surface area (Å²) in [5.41, 5.74) is 2.07. The van der Waals surface area contributed by atoms with E-state index in [9.17, 15) is 9.59 Å². The van der Waals surface area contributed by atoms with Crippen LogP contribution >= 0.6 is 0 Å². The maximum Gasteiger partial charge on any atom is 0.271 e. The maximum atomic E-state index is 12.8. The Morgan fingerprint density at radius 2 is 1.69 bits per heavy atom. The summed E-state index contributed by atoms with van der Waals surface area (Å²) < 4.78 is 0. The van der Waals surface area contributed by atoms with E-state index in [1.54, 1.807) is 30.7 Å². The lowest BCUT2D eigenvalue weighted by molar-refractivity contribution is 0.102. The van der Waals surface area contributed by atoms with Crippen molar-refractivity contribution in [3.63, 3.8) is 0 Å². The topological polar surface area (TPSA) is 74.8 Å². The molecule has 0 aliphatic rings. The summed E-state index contributed by atoms with van der Waals surface area (Å²) in [6, 6.07) is 18.5. The first kappa shape index (κ1) is 15.8. The minimum Gasteiger partial charge on any atom is -0.327 e. The number of pyridine rings is 2. The lowest BCUT2D eigenvalue weighted by Crippen LogP contribution is -2.20. The average molecular weight is 341 g/mol. The molecule has 4 rings (SSSR count). The van der Waals surface area contributed by atoms with Crippen LogP contribution in [0.4, 0.5) is 5.69 Å². The summed E-state index contributed by atoms with van der Waals surface area (Å²) in [4.78, 5) is 31.6. The summed E-state index contributed by atoms with van der Waals surface area (Å²) in [6.45, 7) is 0. The number of carbonyl (C=O) groups is 1. The van der Waals surface area contributed by atoms with Crippen LogP contribution in [0.1, 0.15) is 10.4 Å². The van der Waals surface area contributed by atoms with E-state index in [0.717, 1.165) is 21.9 Å². The molecule has 26 heavy (non-hydrogen) atoms. The molecule has 0 fully saturated rings. The molecule has 0 saturated carbocycles. The monoisotopic (exact) mass is 341 g/mol. The van der Waals surface area contributed by atoms with Gasteiger partial charge in [-0.1, -0.05) is 36.4 Å². The van der Waals surface area contributed by atoms with Crippen LogP contribution < -0.4 is 10.9 Å². The number of nitrogens with zero attached hydrogens (tertiary/aromatic N) is 1. The number of amides is 1. The van der Waals surface area contributed by atoms with Gasteiger partial charge in [0.25, 0.3) is 11.5 Å². The van der Waals surface area contributed by atoms with Gasteiger partial charge in [0.05, 0.1) is 0 Å². The smallest absolute Gasteiger partial charge is 0.271 e. The van der Waals surface area contributed by atoms with Crippen molar-refractivity contribution < 1.29 is 4.79 Å². The first-order valence-corrected chi connectivity index (χ1v) is 8.14. The zero-order valence-corrected chi connectivity index (χ0v) is 13.8. The summed E-state index contributed by atoms with van der Waals surface area (Å²) in [5, 5.41) is 4.54. The van der Waals surface area contributed by atoms with Gasteiger partial charge < -0.3 is 10.3 Å². The van der Waals surface area contributed by atoms with Gasteiger partial charge in [0.2, 0.25) is 0 Å². The zero-order valence-electron chi connectivity index (χ0n) is 13.8. The second kappa shape index (κ2) is 6.64. The zero-order chi connectivity index (χ0) is 17.9. The molecule has 0 atom stereocenters. The number of hydrogen-bond donors (Lipinski definition) is 2. The number of benzene rings is 2. The lowest BCUT2D eigenvalue weighted by atomic mass is 10.0. The molecule has 0 aliphatic heterocycles. The van der Waals surface area contributed by atoms with Gasteiger partial charge in [-0.25, -0.2) is 0 Å². The van der Waals surface area contributed by atoms with E-state index in [2.05, 4.69) is 15.3 Å². The minimum atomic E-state index is -0.351. The highest BCUT2D eigenvalue weighted by molar-refractivity contribution is 6.12. The highest BCUT2D eigenvalue weighted by atomic mass is 16.2. The van der Waals surface area contributed by atoms with Crippen LogP contribution in [0.25, 0.3) is 21.9 Å². The molecule has 5 nitrogen and oxygen atoms in total. The third-order valence-electron chi connectivity index (χ3n) is 4.20. The first-order valence-electron chi connectivity index (χ1n) is 8.14. The Bertz CT molecular complexity index is 1150. The van der Waals surface area contributed by atoms with Crippen molar-refractivity contribution in [2.75, 3.05) is 5.32 Å². The SMILES string of the molecule is O=C(Nc1cc(-c2ccncc2)c[nH]c1=O)c1cccc2ccccc12. The van der Waals surface area contributed by atoms with Gasteiger partial charge in [0, 0.05) is 29.7 Å². The summed E-state index contributed by atoms with van der Waals surface area (Å²) in [7, 11) is 0. The molecule has 2 aromatic carbocycles. The van der Waals surface area contributed by atoms with Crippen LogP contribution in [0.15, 0.2) is 84.0 Å². The fourth-order valence-corrected chi connectivity index (χ4v) is 2.90. The fraction of sp³-hybridized carbons (Fsp3) is 0.